The van der Waals surface area contributed by atoms with Crippen molar-refractivity contribution in [2.45, 2.75) is 353 Å². The van der Waals surface area contributed by atoms with Crippen molar-refractivity contribution in [1.29, 1.82) is 0 Å². The highest BCUT2D eigenvalue weighted by atomic mass is 16.7. The maximum absolute atomic E-state index is 13.2. The van der Waals surface area contributed by atoms with E-state index >= 15 is 0 Å². The van der Waals surface area contributed by atoms with Gasteiger partial charge in [0.1, 0.15) is 18.8 Å². The number of aliphatic carboxylic acids is 1. The van der Waals surface area contributed by atoms with Crippen molar-refractivity contribution in [3.63, 3.8) is 0 Å². The fraction of sp³-hybridized carbons (Fsp3) is 0.826. The van der Waals surface area contributed by atoms with Gasteiger partial charge in [-0.2, -0.15) is 0 Å². The van der Waals surface area contributed by atoms with Crippen molar-refractivity contribution in [2.75, 3.05) is 13.2 Å². The Morgan fingerprint density at radius 1 is 0.407 bits per heavy atom. The van der Waals surface area contributed by atoms with Crippen LogP contribution in [-0.2, 0) is 42.9 Å². The number of carbonyl (C=O) groups excluding carboxylic acids is 3. The summed E-state index contributed by atoms with van der Waals surface area (Å²) in [5.41, 5.74) is 0. The topological polar surface area (TPSA) is 175 Å². The molecule has 12 heteroatoms. The van der Waals surface area contributed by atoms with Gasteiger partial charge in [0.25, 0.3) is 0 Å². The highest BCUT2D eigenvalue weighted by Crippen LogP contribution is 2.27. The summed E-state index contributed by atoms with van der Waals surface area (Å²) in [6.45, 7) is 5.99. The molecule has 0 amide bonds. The molecule has 1 heterocycles. The predicted molar refractivity (Wildman–Crippen MR) is 331 cm³/mol. The molecule has 470 valence electrons. The summed E-state index contributed by atoms with van der Waals surface area (Å²) < 4.78 is 28.6. The number of rotatable bonds is 58. The summed E-state index contributed by atoms with van der Waals surface area (Å²) in [5, 5.41) is 31.6. The number of aliphatic hydroxyl groups is 2. The van der Waals surface area contributed by atoms with Crippen molar-refractivity contribution < 1.29 is 58.2 Å². The predicted octanol–water partition coefficient (Wildman–Crippen LogP) is 18.1. The van der Waals surface area contributed by atoms with E-state index in [0.717, 1.165) is 103 Å². The van der Waals surface area contributed by atoms with Crippen molar-refractivity contribution in [1.82, 2.24) is 0 Å². The summed E-state index contributed by atoms with van der Waals surface area (Å²) in [5.74, 6) is -3.12. The van der Waals surface area contributed by atoms with E-state index in [1.165, 1.54) is 154 Å². The molecule has 0 aromatic carbocycles. The fourth-order valence-corrected chi connectivity index (χ4v) is 10.2. The molecule has 0 aromatic heterocycles. The lowest BCUT2D eigenvalue weighted by molar-refractivity contribution is -0.301. The van der Waals surface area contributed by atoms with Gasteiger partial charge in [0, 0.05) is 19.3 Å². The number of carboxylic acids is 1. The van der Waals surface area contributed by atoms with Crippen LogP contribution in [0.25, 0.3) is 0 Å². The van der Waals surface area contributed by atoms with Crippen molar-refractivity contribution in [3.05, 3.63) is 48.6 Å². The molecule has 0 saturated carbocycles. The monoisotopic (exact) mass is 1140 g/mol. The van der Waals surface area contributed by atoms with Crippen LogP contribution in [0.5, 0.6) is 0 Å². The van der Waals surface area contributed by atoms with E-state index in [1.54, 1.807) is 0 Å². The number of carbonyl (C=O) groups is 4. The van der Waals surface area contributed by atoms with Gasteiger partial charge in [0.05, 0.1) is 6.61 Å². The number of esters is 3. The molecule has 3 N–H and O–H groups in total. The van der Waals surface area contributed by atoms with E-state index in [9.17, 15) is 34.5 Å². The highest BCUT2D eigenvalue weighted by molar-refractivity contribution is 5.74. The molecule has 6 unspecified atom stereocenters. The average Bonchev–Trinajstić information content (AvgIpc) is 3.52. The van der Waals surface area contributed by atoms with E-state index in [1.807, 2.05) is 0 Å². The Balaban J connectivity index is 2.64. The van der Waals surface area contributed by atoms with Crippen molar-refractivity contribution >= 4 is 23.9 Å². The molecule has 1 rings (SSSR count). The second-order valence-electron chi connectivity index (χ2n) is 23.1. The first-order valence-electron chi connectivity index (χ1n) is 33.6. The SMILES string of the molecule is CCCCC/C=C\C/C=C\CCCCCCCC(=O)OC(COC(=O)CCCCCCCCC/C=C\CCCCCCCC)COC1OC(C(=O)O)C(O)C(O)C1OC(=O)CCCCCCCCCCC/C=C\CCCCCCCC. The van der Waals surface area contributed by atoms with Crippen LogP contribution in [0.4, 0.5) is 0 Å². The molecular formula is C69H122O12. The highest BCUT2D eigenvalue weighted by Gasteiger charge is 2.50. The normalized spacial score (nSPS) is 18.0. The third-order valence-electron chi connectivity index (χ3n) is 15.3. The first kappa shape index (κ1) is 75.7. The molecule has 0 radical (unpaired) electrons. The Morgan fingerprint density at radius 2 is 0.741 bits per heavy atom. The third-order valence-corrected chi connectivity index (χ3v) is 15.3. The molecule has 1 aliphatic heterocycles. The molecular weight excluding hydrogens is 1020 g/mol. The lowest BCUT2D eigenvalue weighted by Gasteiger charge is -2.40. The number of allylic oxidation sites excluding steroid dienone is 8. The van der Waals surface area contributed by atoms with Crippen LogP contribution >= 0.6 is 0 Å². The van der Waals surface area contributed by atoms with Crippen molar-refractivity contribution in [3.8, 4) is 0 Å². The van der Waals surface area contributed by atoms with Crippen LogP contribution in [-0.4, -0.2) is 89.2 Å². The molecule has 0 spiro atoms. The molecule has 81 heavy (non-hydrogen) atoms. The second kappa shape index (κ2) is 57.1. The first-order chi connectivity index (χ1) is 39.6. The fourth-order valence-electron chi connectivity index (χ4n) is 10.2. The van der Waals surface area contributed by atoms with Crippen LogP contribution in [0.3, 0.4) is 0 Å². The number of hydrogen-bond donors (Lipinski definition) is 3. The van der Waals surface area contributed by atoms with Gasteiger partial charge >= 0.3 is 23.9 Å². The van der Waals surface area contributed by atoms with E-state index in [-0.39, 0.29) is 25.9 Å². The van der Waals surface area contributed by atoms with Gasteiger partial charge in [-0.3, -0.25) is 14.4 Å². The maximum Gasteiger partial charge on any atom is 0.335 e. The Hall–Kier alpha value is -3.32. The average molecular weight is 1140 g/mol. The van der Waals surface area contributed by atoms with Crippen LogP contribution in [0.2, 0.25) is 0 Å². The summed E-state index contributed by atoms with van der Waals surface area (Å²) in [4.78, 5) is 51.4. The Labute approximate surface area is 494 Å². The van der Waals surface area contributed by atoms with Gasteiger partial charge in [0.2, 0.25) is 0 Å². The minimum absolute atomic E-state index is 0.0579. The summed E-state index contributed by atoms with van der Waals surface area (Å²) >= 11 is 0. The Kier molecular flexibility index (Phi) is 53.4. The van der Waals surface area contributed by atoms with Gasteiger partial charge < -0.3 is 39.0 Å². The number of unbranched alkanes of at least 4 members (excludes halogenated alkanes) is 36. The maximum atomic E-state index is 13.2. The number of aliphatic hydroxyl groups excluding tert-OH is 2. The first-order valence-corrected chi connectivity index (χ1v) is 33.6. The van der Waals surface area contributed by atoms with E-state index < -0.39 is 67.3 Å². The largest absolute Gasteiger partial charge is 0.479 e. The number of ether oxygens (including phenoxy) is 5. The van der Waals surface area contributed by atoms with Crippen LogP contribution in [0.15, 0.2) is 48.6 Å². The molecule has 12 nitrogen and oxygen atoms in total. The Bertz CT molecular complexity index is 1590. The third kappa shape index (κ3) is 46.7. The standard InChI is InChI=1S/C69H122O12/c1-4-7-10-13-16-19-22-25-28-30-31-33-36-39-42-45-48-51-54-57-63(72)80-67-65(74)64(73)66(68(75)76)81-69(67)78-59-60(79-62(71)56-53-50-47-44-41-38-34-27-24-21-18-15-12-9-6-3)58-77-61(70)55-52-49-46-43-40-37-35-32-29-26-23-20-17-14-11-8-5-2/h18,21,25-29,34,60,64-67,69,73-74H,4-17,19-20,22-24,30-33,35-59H2,1-3H3,(H,75,76)/b21-18-,28-25-,29-26-,34-27-. The molecule has 1 aliphatic rings. The van der Waals surface area contributed by atoms with Gasteiger partial charge in [-0.05, 0) is 103 Å². The van der Waals surface area contributed by atoms with Gasteiger partial charge in [-0.1, -0.05) is 243 Å². The Morgan fingerprint density at radius 3 is 1.15 bits per heavy atom. The number of hydrogen-bond acceptors (Lipinski definition) is 11. The molecule has 6 atom stereocenters. The molecule has 1 fully saturated rings. The van der Waals surface area contributed by atoms with Crippen LogP contribution in [0.1, 0.15) is 316 Å². The minimum Gasteiger partial charge on any atom is -0.479 e. The van der Waals surface area contributed by atoms with E-state index in [0.29, 0.717) is 19.3 Å². The van der Waals surface area contributed by atoms with E-state index in [4.69, 9.17) is 23.7 Å². The number of carboxylic acid groups (broad SMARTS) is 1. The zero-order chi connectivity index (χ0) is 58.9. The summed E-state index contributed by atoms with van der Waals surface area (Å²) in [6, 6.07) is 0. The quantitative estimate of drug-likeness (QED) is 0.0228. The van der Waals surface area contributed by atoms with E-state index in [2.05, 4.69) is 69.4 Å². The smallest absolute Gasteiger partial charge is 0.335 e. The lowest BCUT2D eigenvalue weighted by Crippen LogP contribution is -2.61. The molecule has 0 aromatic rings. The van der Waals surface area contributed by atoms with Crippen LogP contribution < -0.4 is 0 Å². The zero-order valence-corrected chi connectivity index (χ0v) is 52.0. The molecule has 0 aliphatic carbocycles. The van der Waals surface area contributed by atoms with Gasteiger partial charge in [0.15, 0.2) is 24.6 Å². The van der Waals surface area contributed by atoms with Crippen molar-refractivity contribution in [2.24, 2.45) is 0 Å². The molecule has 0 bridgehead atoms. The van der Waals surface area contributed by atoms with Crippen LogP contribution in [0, 0.1) is 0 Å². The minimum atomic E-state index is -1.91. The zero-order valence-electron chi connectivity index (χ0n) is 52.0. The summed E-state index contributed by atoms with van der Waals surface area (Å²) in [6.07, 6.45) is 57.8. The lowest BCUT2D eigenvalue weighted by atomic mass is 9.98. The summed E-state index contributed by atoms with van der Waals surface area (Å²) in [7, 11) is 0. The molecule has 1 saturated heterocycles. The van der Waals surface area contributed by atoms with Gasteiger partial charge in [-0.25, -0.2) is 4.79 Å². The van der Waals surface area contributed by atoms with Gasteiger partial charge in [-0.15, -0.1) is 0 Å². The second-order valence-corrected chi connectivity index (χ2v) is 23.1.